The Kier molecular flexibility index (Phi) is 3.99. The third-order valence-corrected chi connectivity index (χ3v) is 3.39. The van der Waals surface area contributed by atoms with Gasteiger partial charge in [-0.25, -0.2) is 0 Å². The molecular formula is C11H19BrN2O2. The summed E-state index contributed by atoms with van der Waals surface area (Å²) in [4.78, 5) is 25.0. The van der Waals surface area contributed by atoms with Gasteiger partial charge in [-0.15, -0.1) is 0 Å². The Hall–Kier alpha value is -0.580. The van der Waals surface area contributed by atoms with Gasteiger partial charge in [0.05, 0.1) is 10.2 Å². The summed E-state index contributed by atoms with van der Waals surface area (Å²) in [6.07, 6.45) is 1.62. The van der Waals surface area contributed by atoms with Crippen LogP contribution in [0.3, 0.4) is 0 Å². The van der Waals surface area contributed by atoms with Gasteiger partial charge in [0.15, 0.2) is 0 Å². The maximum absolute atomic E-state index is 12.1. The zero-order valence-corrected chi connectivity index (χ0v) is 11.6. The molecule has 0 bridgehead atoms. The van der Waals surface area contributed by atoms with E-state index in [9.17, 15) is 9.59 Å². The Morgan fingerprint density at radius 3 is 2.38 bits per heavy atom. The third-order valence-electron chi connectivity index (χ3n) is 3.05. The van der Waals surface area contributed by atoms with Crippen LogP contribution in [0.15, 0.2) is 0 Å². The fourth-order valence-electron chi connectivity index (χ4n) is 1.96. The number of primary amides is 1. The number of piperidine rings is 1. The van der Waals surface area contributed by atoms with E-state index < -0.39 is 4.32 Å². The van der Waals surface area contributed by atoms with Crippen LogP contribution in [0, 0.1) is 5.92 Å². The number of carbonyl (C=O) groups excluding carboxylic acids is 2. The molecule has 1 fully saturated rings. The monoisotopic (exact) mass is 290 g/mol. The summed E-state index contributed by atoms with van der Waals surface area (Å²) >= 11 is 3.36. The fraction of sp³-hybridized carbons (Fsp3) is 0.818. The van der Waals surface area contributed by atoms with E-state index in [0.717, 1.165) is 12.8 Å². The molecule has 5 heteroatoms. The van der Waals surface area contributed by atoms with Gasteiger partial charge in [0.1, 0.15) is 0 Å². The molecule has 0 aromatic heterocycles. The molecule has 0 aromatic rings. The standard InChI is InChI=1S/C11H19BrN2O2/c1-7-4-5-8(9(13)15)6-14(7)10(16)11(2,3)12/h7-8H,4-6H2,1-3H3,(H2,13,15). The predicted molar refractivity (Wildman–Crippen MR) is 66.1 cm³/mol. The summed E-state index contributed by atoms with van der Waals surface area (Å²) in [7, 11) is 0. The Morgan fingerprint density at radius 1 is 1.38 bits per heavy atom. The van der Waals surface area contributed by atoms with Crippen molar-refractivity contribution in [3.63, 3.8) is 0 Å². The summed E-state index contributed by atoms with van der Waals surface area (Å²) in [5.41, 5.74) is 5.30. The third kappa shape index (κ3) is 2.97. The first-order valence-electron chi connectivity index (χ1n) is 5.52. The first kappa shape index (κ1) is 13.5. The highest BCUT2D eigenvalue weighted by molar-refractivity contribution is 9.10. The zero-order valence-electron chi connectivity index (χ0n) is 10.00. The second-order valence-electron chi connectivity index (χ2n) is 4.96. The molecule has 92 valence electrons. The Bertz CT molecular complexity index is 299. The number of carbonyl (C=O) groups is 2. The van der Waals surface area contributed by atoms with Crippen LogP contribution < -0.4 is 5.73 Å². The smallest absolute Gasteiger partial charge is 0.239 e. The summed E-state index contributed by atoms with van der Waals surface area (Å²) < 4.78 is -0.583. The molecule has 0 spiro atoms. The molecule has 1 rings (SSSR count). The number of hydrogen-bond acceptors (Lipinski definition) is 2. The van der Waals surface area contributed by atoms with Gasteiger partial charge >= 0.3 is 0 Å². The first-order chi connectivity index (χ1) is 7.23. The summed E-state index contributed by atoms with van der Waals surface area (Å²) in [6, 6.07) is 0.180. The number of rotatable bonds is 2. The minimum Gasteiger partial charge on any atom is -0.369 e. The van der Waals surface area contributed by atoms with Crippen molar-refractivity contribution < 1.29 is 9.59 Å². The molecule has 0 saturated carbocycles. The summed E-state index contributed by atoms with van der Waals surface area (Å²) in [5.74, 6) is -0.488. The van der Waals surface area contributed by atoms with E-state index in [1.807, 2.05) is 20.8 Å². The largest absolute Gasteiger partial charge is 0.369 e. The molecule has 2 N–H and O–H groups in total. The Labute approximate surface area is 105 Å². The van der Waals surface area contributed by atoms with Gasteiger partial charge in [0.2, 0.25) is 11.8 Å². The van der Waals surface area contributed by atoms with Crippen LogP contribution in [0.2, 0.25) is 0 Å². The van der Waals surface area contributed by atoms with Crippen LogP contribution in [0.1, 0.15) is 33.6 Å². The van der Waals surface area contributed by atoms with Crippen LogP contribution in [-0.2, 0) is 9.59 Å². The Balaban J connectivity index is 2.78. The van der Waals surface area contributed by atoms with Gasteiger partial charge in [0.25, 0.3) is 0 Å². The highest BCUT2D eigenvalue weighted by Gasteiger charge is 2.37. The number of amides is 2. The maximum Gasteiger partial charge on any atom is 0.239 e. The molecule has 1 heterocycles. The number of likely N-dealkylation sites (tertiary alicyclic amines) is 1. The van der Waals surface area contributed by atoms with Crippen molar-refractivity contribution in [2.45, 2.75) is 44.0 Å². The van der Waals surface area contributed by atoms with Crippen LogP contribution >= 0.6 is 15.9 Å². The first-order valence-corrected chi connectivity index (χ1v) is 6.32. The predicted octanol–water partition coefficient (Wildman–Crippen LogP) is 1.27. The topological polar surface area (TPSA) is 63.4 Å². The number of halogens is 1. The van der Waals surface area contributed by atoms with Gasteiger partial charge in [-0.05, 0) is 33.6 Å². The van der Waals surface area contributed by atoms with Gasteiger partial charge in [-0.3, -0.25) is 9.59 Å². The minimum atomic E-state index is -0.583. The molecule has 2 amide bonds. The van der Waals surface area contributed by atoms with E-state index in [1.165, 1.54) is 0 Å². The molecule has 1 aliphatic heterocycles. The molecule has 2 atom stereocenters. The molecule has 1 saturated heterocycles. The molecule has 4 nitrogen and oxygen atoms in total. The molecule has 0 aromatic carbocycles. The van der Waals surface area contributed by atoms with E-state index in [0.29, 0.717) is 6.54 Å². The lowest BCUT2D eigenvalue weighted by atomic mass is 9.92. The molecule has 1 aliphatic rings. The summed E-state index contributed by atoms with van der Waals surface area (Å²) in [6.45, 7) is 6.09. The van der Waals surface area contributed by atoms with Crippen molar-refractivity contribution in [2.24, 2.45) is 11.7 Å². The van der Waals surface area contributed by atoms with E-state index >= 15 is 0 Å². The lowest BCUT2D eigenvalue weighted by molar-refractivity contribution is -0.139. The van der Waals surface area contributed by atoms with E-state index in [2.05, 4.69) is 15.9 Å². The van der Waals surface area contributed by atoms with Crippen molar-refractivity contribution in [1.29, 1.82) is 0 Å². The Morgan fingerprint density at radius 2 is 1.94 bits per heavy atom. The quantitative estimate of drug-likeness (QED) is 0.779. The van der Waals surface area contributed by atoms with Crippen LogP contribution in [0.5, 0.6) is 0 Å². The van der Waals surface area contributed by atoms with Crippen LogP contribution in [-0.4, -0.2) is 33.6 Å². The van der Waals surface area contributed by atoms with Crippen molar-refractivity contribution in [1.82, 2.24) is 4.90 Å². The lowest BCUT2D eigenvalue weighted by Crippen LogP contribution is -2.52. The molecule has 0 aliphatic carbocycles. The van der Waals surface area contributed by atoms with Crippen molar-refractivity contribution >= 4 is 27.7 Å². The van der Waals surface area contributed by atoms with Crippen molar-refractivity contribution in [2.75, 3.05) is 6.54 Å². The molecule has 2 unspecified atom stereocenters. The van der Waals surface area contributed by atoms with Crippen molar-refractivity contribution in [3.8, 4) is 0 Å². The SMILES string of the molecule is CC1CCC(C(N)=O)CN1C(=O)C(C)(C)Br. The highest BCUT2D eigenvalue weighted by Crippen LogP contribution is 2.27. The second-order valence-corrected chi connectivity index (χ2v) is 6.94. The second kappa shape index (κ2) is 4.73. The normalized spacial score (nSPS) is 26.6. The van der Waals surface area contributed by atoms with Crippen LogP contribution in [0.4, 0.5) is 0 Å². The van der Waals surface area contributed by atoms with Crippen molar-refractivity contribution in [3.05, 3.63) is 0 Å². The highest BCUT2D eigenvalue weighted by atomic mass is 79.9. The molecular weight excluding hydrogens is 272 g/mol. The average Bonchev–Trinajstić information content (AvgIpc) is 2.15. The van der Waals surface area contributed by atoms with E-state index in [-0.39, 0.29) is 23.8 Å². The molecule has 0 radical (unpaired) electrons. The lowest BCUT2D eigenvalue weighted by Gasteiger charge is -2.39. The van der Waals surface area contributed by atoms with E-state index in [4.69, 9.17) is 5.73 Å². The number of alkyl halides is 1. The van der Waals surface area contributed by atoms with Gasteiger partial charge in [-0.2, -0.15) is 0 Å². The number of nitrogens with zero attached hydrogens (tertiary/aromatic N) is 1. The van der Waals surface area contributed by atoms with Gasteiger partial charge < -0.3 is 10.6 Å². The number of nitrogens with two attached hydrogens (primary N) is 1. The van der Waals surface area contributed by atoms with Gasteiger partial charge in [0, 0.05) is 12.6 Å². The van der Waals surface area contributed by atoms with Gasteiger partial charge in [-0.1, -0.05) is 15.9 Å². The average molecular weight is 291 g/mol. The minimum absolute atomic E-state index is 0.0194. The van der Waals surface area contributed by atoms with E-state index in [1.54, 1.807) is 4.90 Å². The number of hydrogen-bond donors (Lipinski definition) is 1. The van der Waals surface area contributed by atoms with Crippen LogP contribution in [0.25, 0.3) is 0 Å². The summed E-state index contributed by atoms with van der Waals surface area (Å²) in [5, 5.41) is 0. The zero-order chi connectivity index (χ0) is 12.5. The molecule has 16 heavy (non-hydrogen) atoms. The fourth-order valence-corrected chi connectivity index (χ4v) is 2.19. The maximum atomic E-state index is 12.1.